The molecule has 4 heterocycles. The maximum absolute atomic E-state index is 13.1. The second-order valence-corrected chi connectivity index (χ2v) is 10.5. The summed E-state index contributed by atoms with van der Waals surface area (Å²) in [4.78, 5) is 48.3. The van der Waals surface area contributed by atoms with Gasteiger partial charge in [-0.05, 0) is 18.9 Å². The quantitative estimate of drug-likeness (QED) is 0.226. The number of amides is 1. The third kappa shape index (κ3) is 4.20. The first-order chi connectivity index (χ1) is 16.9. The maximum Gasteiger partial charge on any atom is 0.234 e. The average Bonchev–Trinajstić information content (AvgIpc) is 3.49. The van der Waals surface area contributed by atoms with Crippen LogP contribution < -0.4 is 15.4 Å². The number of nitrogen functional groups attached to an aromatic ring is 1. The number of pyridine rings is 1. The van der Waals surface area contributed by atoms with E-state index in [1.807, 2.05) is 12.3 Å². The molecule has 2 N–H and O–H groups in total. The molecule has 2 aromatic rings. The molecule has 1 amide bonds. The lowest BCUT2D eigenvalue weighted by atomic mass is 9.89. The van der Waals surface area contributed by atoms with Crippen LogP contribution in [0.25, 0.3) is 0 Å². The van der Waals surface area contributed by atoms with Crippen molar-refractivity contribution in [3.8, 4) is 0 Å². The van der Waals surface area contributed by atoms with E-state index >= 15 is 0 Å². The summed E-state index contributed by atoms with van der Waals surface area (Å²) in [5.41, 5.74) is 8.97. The Morgan fingerprint density at radius 2 is 2.23 bits per heavy atom. The molecule has 0 saturated carbocycles. The van der Waals surface area contributed by atoms with E-state index in [1.165, 1.54) is 35.0 Å². The molecule has 1 fully saturated rings. The summed E-state index contributed by atoms with van der Waals surface area (Å²) in [7, 11) is 1.31. The van der Waals surface area contributed by atoms with Crippen molar-refractivity contribution in [2.45, 2.75) is 37.6 Å². The van der Waals surface area contributed by atoms with Crippen molar-refractivity contribution < 1.29 is 28.9 Å². The zero-order valence-corrected chi connectivity index (χ0v) is 20.6. The predicted molar refractivity (Wildman–Crippen MR) is 127 cm³/mol. The Morgan fingerprint density at radius 1 is 1.40 bits per heavy atom. The summed E-state index contributed by atoms with van der Waals surface area (Å²) in [5, 5.41) is 17.3. The second-order valence-electron chi connectivity index (χ2n) is 8.54. The molecule has 0 aromatic carbocycles. The Balaban J connectivity index is 1.36. The van der Waals surface area contributed by atoms with Crippen molar-refractivity contribution >= 4 is 51.6 Å². The van der Waals surface area contributed by atoms with E-state index in [0.29, 0.717) is 17.9 Å². The molecule has 0 spiro atoms. The molecule has 35 heavy (non-hydrogen) atoms. The van der Waals surface area contributed by atoms with Crippen LogP contribution in [0.15, 0.2) is 40.1 Å². The van der Waals surface area contributed by atoms with E-state index < -0.39 is 29.0 Å². The van der Waals surface area contributed by atoms with E-state index in [0.717, 1.165) is 30.6 Å². The number of carboxylic acid groups (broad SMARTS) is 1. The van der Waals surface area contributed by atoms with Crippen molar-refractivity contribution in [3.05, 3.63) is 51.9 Å². The number of oxime groups is 1. The molecule has 0 bridgehead atoms. The number of carboxylic acids is 1. The van der Waals surface area contributed by atoms with Gasteiger partial charge in [-0.2, -0.15) is 4.57 Å². The Kier molecular flexibility index (Phi) is 6.32. The number of thioether (sulfide) groups is 1. The van der Waals surface area contributed by atoms with Crippen molar-refractivity contribution in [3.63, 3.8) is 0 Å². The van der Waals surface area contributed by atoms with E-state index in [1.54, 1.807) is 5.38 Å². The summed E-state index contributed by atoms with van der Waals surface area (Å²) in [5.74, 6) is -2.45. The van der Waals surface area contributed by atoms with Crippen LogP contribution >= 0.6 is 23.1 Å². The van der Waals surface area contributed by atoms with Crippen molar-refractivity contribution in [2.24, 2.45) is 11.1 Å². The summed E-state index contributed by atoms with van der Waals surface area (Å²) in [6.07, 6.45) is 4.85. The highest BCUT2D eigenvalue weighted by Crippen LogP contribution is 2.45. The fraction of sp³-hybridized carbons (Fsp3) is 0.391. The number of carbonyl (C=O) groups excluding carboxylic acids is 3. The zero-order valence-electron chi connectivity index (χ0n) is 18.9. The lowest BCUT2D eigenvalue weighted by Crippen LogP contribution is -2.63. The normalized spacial score (nSPS) is 21.5. The molecule has 1 aliphatic carbocycles. The summed E-state index contributed by atoms with van der Waals surface area (Å²) >= 11 is 2.62. The topological polar surface area (TPSA) is 142 Å². The number of Topliss-reactive ketones (excluding diaryl/α,β-unsaturated/α-hetero) is 1. The molecule has 5 rings (SSSR count). The number of hydrogen-bond donors (Lipinski definition) is 1. The van der Waals surface area contributed by atoms with Gasteiger partial charge in [0.05, 0.1) is 23.0 Å². The van der Waals surface area contributed by atoms with Gasteiger partial charge in [-0.15, -0.1) is 23.1 Å². The van der Waals surface area contributed by atoms with Gasteiger partial charge in [0, 0.05) is 41.2 Å². The lowest BCUT2D eigenvalue weighted by molar-refractivity contribution is -0.696. The number of carbonyl (C=O) groups is 3. The number of thiazole rings is 1. The molecule has 0 radical (unpaired) electrons. The van der Waals surface area contributed by atoms with Gasteiger partial charge < -0.3 is 20.5 Å². The van der Waals surface area contributed by atoms with Crippen molar-refractivity contribution in [1.29, 1.82) is 0 Å². The van der Waals surface area contributed by atoms with Gasteiger partial charge in [0.15, 0.2) is 35.1 Å². The fourth-order valence-corrected chi connectivity index (χ4v) is 6.87. The first-order valence-corrected chi connectivity index (χ1v) is 13.1. The molecule has 182 valence electrons. The standard InChI is InChI=1S/C23H23N5O5S2/c1-33-26-18(15-11-35-23(24)25-15)17(29)8-14-20(30)28-19(22(31)32)13(10-34-21(14)28)9-27-7-3-5-12-4-2-6-16(12)27/h3,5,7,11,14,21H,2,4,6,8-10H2,1H3,(H2-,24,25,31,32)/b26-18-/t14-,21-/m1/s1. The van der Waals surface area contributed by atoms with Crippen LogP contribution in [0.3, 0.4) is 0 Å². The number of aromatic nitrogens is 2. The molecule has 1 saturated heterocycles. The number of fused-ring (bicyclic) bond motifs is 2. The first kappa shape index (κ1) is 23.5. The number of aliphatic carboxylic acids is 1. The largest absolute Gasteiger partial charge is 0.543 e. The van der Waals surface area contributed by atoms with Gasteiger partial charge in [-0.3, -0.25) is 14.5 Å². The smallest absolute Gasteiger partial charge is 0.234 e. The molecule has 2 atom stereocenters. The molecule has 0 unspecified atom stereocenters. The van der Waals surface area contributed by atoms with Crippen LogP contribution in [-0.4, -0.2) is 51.5 Å². The number of β-lactam (4-membered cyclic amide) rings is 1. The Hall–Kier alpha value is -3.25. The number of aryl methyl sites for hydroxylation is 1. The van der Waals surface area contributed by atoms with E-state index in [9.17, 15) is 19.5 Å². The van der Waals surface area contributed by atoms with E-state index in [2.05, 4.69) is 20.8 Å². The van der Waals surface area contributed by atoms with E-state index in [-0.39, 0.29) is 28.7 Å². The minimum absolute atomic E-state index is 0.0156. The number of anilines is 1. The van der Waals surface area contributed by atoms with E-state index in [4.69, 9.17) is 10.6 Å². The number of hydrogen-bond acceptors (Lipinski definition) is 10. The third-order valence-electron chi connectivity index (χ3n) is 6.47. The molecular formula is C23H23N5O5S2. The summed E-state index contributed by atoms with van der Waals surface area (Å²) in [6.45, 7) is 0.384. The number of nitrogens with two attached hydrogens (primary N) is 1. The van der Waals surface area contributed by atoms with Crippen LogP contribution in [0.5, 0.6) is 0 Å². The van der Waals surface area contributed by atoms with Crippen LogP contribution in [0.1, 0.15) is 29.8 Å². The molecule has 10 nitrogen and oxygen atoms in total. The van der Waals surface area contributed by atoms with Gasteiger partial charge in [0.2, 0.25) is 5.91 Å². The monoisotopic (exact) mass is 513 g/mol. The number of rotatable bonds is 8. The minimum Gasteiger partial charge on any atom is -0.543 e. The highest BCUT2D eigenvalue weighted by atomic mass is 32.2. The third-order valence-corrected chi connectivity index (χ3v) is 8.54. The molecule has 2 aromatic heterocycles. The first-order valence-electron chi connectivity index (χ1n) is 11.1. The Morgan fingerprint density at radius 3 is 2.94 bits per heavy atom. The Bertz CT molecular complexity index is 1290. The summed E-state index contributed by atoms with van der Waals surface area (Å²) in [6, 6.07) is 4.06. The van der Waals surface area contributed by atoms with Crippen molar-refractivity contribution in [2.75, 3.05) is 18.6 Å². The summed E-state index contributed by atoms with van der Waals surface area (Å²) < 4.78 is 2.07. The fourth-order valence-electron chi connectivity index (χ4n) is 4.92. The molecule has 3 aliphatic rings. The minimum atomic E-state index is -1.38. The van der Waals surface area contributed by atoms with Crippen LogP contribution in [0, 0.1) is 5.92 Å². The van der Waals surface area contributed by atoms with Gasteiger partial charge in [0.25, 0.3) is 0 Å². The van der Waals surface area contributed by atoms with Gasteiger partial charge in [0.1, 0.15) is 12.8 Å². The van der Waals surface area contributed by atoms with Crippen LogP contribution in [-0.2, 0) is 38.6 Å². The molecule has 2 aliphatic heterocycles. The molecule has 12 heteroatoms. The Labute approximate surface area is 209 Å². The molecular weight excluding hydrogens is 490 g/mol. The van der Waals surface area contributed by atoms with Gasteiger partial charge >= 0.3 is 0 Å². The highest BCUT2D eigenvalue weighted by Gasteiger charge is 2.53. The van der Waals surface area contributed by atoms with Gasteiger partial charge in [-0.1, -0.05) is 5.16 Å². The van der Waals surface area contributed by atoms with Crippen molar-refractivity contribution in [1.82, 2.24) is 9.88 Å². The second kappa shape index (κ2) is 9.42. The zero-order chi connectivity index (χ0) is 24.7. The van der Waals surface area contributed by atoms with Gasteiger partial charge in [-0.25, -0.2) is 4.98 Å². The van der Waals surface area contributed by atoms with Crippen LogP contribution in [0.4, 0.5) is 5.13 Å². The number of nitrogens with zero attached hydrogens (tertiary/aromatic N) is 4. The average molecular weight is 514 g/mol. The number of ketones is 1. The van der Waals surface area contributed by atoms with Crippen LogP contribution in [0.2, 0.25) is 0 Å². The lowest BCUT2D eigenvalue weighted by Gasteiger charge is -2.50. The predicted octanol–water partition coefficient (Wildman–Crippen LogP) is 0.0467. The highest BCUT2D eigenvalue weighted by molar-refractivity contribution is 8.00. The SMILES string of the molecule is CO/N=C(\C(=O)C[C@@H]1C(=O)N2C(C(=O)[O-])=C(C[n+]3cccc4c3CCC4)CS[C@H]12)c1csc(N)n1. The maximum atomic E-state index is 13.1.